The van der Waals surface area contributed by atoms with E-state index in [1.165, 1.54) is 0 Å². The number of benzene rings is 1. The van der Waals surface area contributed by atoms with Gasteiger partial charge >= 0.3 is 0 Å². The van der Waals surface area contributed by atoms with Crippen LogP contribution in [-0.4, -0.2) is 17.4 Å². The van der Waals surface area contributed by atoms with Gasteiger partial charge in [-0.2, -0.15) is 0 Å². The average molecular weight is 289 g/mol. The number of nitrogens with one attached hydrogen (secondary N) is 2. The second-order valence-corrected chi connectivity index (χ2v) is 5.77. The third-order valence-corrected chi connectivity index (χ3v) is 3.89. The molecular weight excluding hydrogens is 266 g/mol. The van der Waals surface area contributed by atoms with Gasteiger partial charge in [0, 0.05) is 29.8 Å². The Kier molecular flexibility index (Phi) is 4.96. The van der Waals surface area contributed by atoms with Crippen LogP contribution in [0.1, 0.15) is 45.4 Å². The molecule has 5 nitrogen and oxygen atoms in total. The van der Waals surface area contributed by atoms with Crippen LogP contribution in [0.5, 0.6) is 0 Å². The highest BCUT2D eigenvalue weighted by Gasteiger charge is 2.31. The van der Waals surface area contributed by atoms with Crippen molar-refractivity contribution in [1.82, 2.24) is 0 Å². The molecule has 1 fully saturated rings. The summed E-state index contributed by atoms with van der Waals surface area (Å²) < 4.78 is 0. The number of rotatable bonds is 5. The predicted molar refractivity (Wildman–Crippen MR) is 84.0 cm³/mol. The second kappa shape index (κ2) is 6.72. The molecule has 0 radical (unpaired) electrons. The Bertz CT molecular complexity index is 505. The zero-order valence-electron chi connectivity index (χ0n) is 12.4. The third kappa shape index (κ3) is 4.56. The summed E-state index contributed by atoms with van der Waals surface area (Å²) >= 11 is 0. The van der Waals surface area contributed by atoms with Crippen molar-refractivity contribution in [2.24, 2.45) is 5.73 Å². The molecule has 0 saturated heterocycles. The molecule has 114 valence electrons. The molecule has 21 heavy (non-hydrogen) atoms. The maximum absolute atomic E-state index is 12.0. The monoisotopic (exact) mass is 289 g/mol. The van der Waals surface area contributed by atoms with Gasteiger partial charge in [-0.3, -0.25) is 9.59 Å². The van der Waals surface area contributed by atoms with E-state index in [1.54, 1.807) is 31.2 Å². The number of nitrogens with two attached hydrogens (primary N) is 1. The third-order valence-electron chi connectivity index (χ3n) is 3.89. The van der Waals surface area contributed by atoms with Crippen LogP contribution in [0.2, 0.25) is 0 Å². The summed E-state index contributed by atoms with van der Waals surface area (Å²) in [4.78, 5) is 23.3. The lowest BCUT2D eigenvalue weighted by atomic mass is 9.94. The first kappa shape index (κ1) is 15.5. The van der Waals surface area contributed by atoms with Crippen LogP contribution in [0.3, 0.4) is 0 Å². The van der Waals surface area contributed by atoms with Crippen molar-refractivity contribution in [3.63, 3.8) is 0 Å². The Morgan fingerprint density at radius 1 is 1.05 bits per heavy atom. The summed E-state index contributed by atoms with van der Waals surface area (Å²) in [5, 5.41) is 5.62. The van der Waals surface area contributed by atoms with Crippen molar-refractivity contribution in [2.75, 3.05) is 10.6 Å². The minimum atomic E-state index is -0.334. The van der Waals surface area contributed by atoms with Gasteiger partial charge in [0.25, 0.3) is 0 Å². The summed E-state index contributed by atoms with van der Waals surface area (Å²) in [6.45, 7) is 1.80. The first-order valence-corrected chi connectivity index (χ1v) is 7.49. The van der Waals surface area contributed by atoms with Crippen LogP contribution in [0.25, 0.3) is 0 Å². The molecule has 0 aromatic heterocycles. The molecule has 1 aromatic rings. The first-order valence-electron chi connectivity index (χ1n) is 7.49. The minimum absolute atomic E-state index is 0.0295. The van der Waals surface area contributed by atoms with Crippen molar-refractivity contribution in [3.8, 4) is 0 Å². The van der Waals surface area contributed by atoms with E-state index in [0.717, 1.165) is 37.1 Å². The van der Waals surface area contributed by atoms with E-state index in [2.05, 4.69) is 10.6 Å². The Labute approximate surface area is 125 Å². The molecule has 4 N–H and O–H groups in total. The Morgan fingerprint density at radius 2 is 1.52 bits per heavy atom. The molecule has 1 saturated carbocycles. The second-order valence-electron chi connectivity index (χ2n) is 5.77. The van der Waals surface area contributed by atoms with Gasteiger partial charge in [-0.15, -0.1) is 0 Å². The van der Waals surface area contributed by atoms with Gasteiger partial charge in [0.2, 0.25) is 11.8 Å². The maximum Gasteiger partial charge on any atom is 0.226 e. The van der Waals surface area contributed by atoms with E-state index in [-0.39, 0.29) is 17.4 Å². The number of amides is 2. The van der Waals surface area contributed by atoms with Gasteiger partial charge in [-0.25, -0.2) is 0 Å². The molecule has 0 unspecified atom stereocenters. The van der Waals surface area contributed by atoms with Crippen LogP contribution in [0.4, 0.5) is 11.4 Å². The largest absolute Gasteiger partial charge is 0.326 e. The molecule has 0 spiro atoms. The van der Waals surface area contributed by atoms with Crippen molar-refractivity contribution in [1.29, 1.82) is 0 Å². The van der Waals surface area contributed by atoms with Crippen LogP contribution in [-0.2, 0) is 9.59 Å². The highest BCUT2D eigenvalue weighted by molar-refractivity contribution is 5.93. The van der Waals surface area contributed by atoms with Gasteiger partial charge in [0.1, 0.15) is 0 Å². The van der Waals surface area contributed by atoms with E-state index in [0.29, 0.717) is 12.8 Å². The van der Waals surface area contributed by atoms with Crippen LogP contribution >= 0.6 is 0 Å². The van der Waals surface area contributed by atoms with E-state index < -0.39 is 0 Å². The van der Waals surface area contributed by atoms with E-state index in [9.17, 15) is 9.59 Å². The normalized spacial score (nSPS) is 16.5. The lowest BCUT2D eigenvalue weighted by Crippen LogP contribution is -2.40. The Hall–Kier alpha value is -1.88. The van der Waals surface area contributed by atoms with Crippen LogP contribution in [0, 0.1) is 0 Å². The fourth-order valence-corrected chi connectivity index (χ4v) is 2.67. The molecule has 1 aliphatic carbocycles. The quantitative estimate of drug-likeness (QED) is 0.779. The first-order chi connectivity index (χ1) is 10.0. The fourth-order valence-electron chi connectivity index (χ4n) is 2.67. The van der Waals surface area contributed by atoms with Gasteiger partial charge in [0.15, 0.2) is 0 Å². The minimum Gasteiger partial charge on any atom is -0.326 e. The van der Waals surface area contributed by atoms with Crippen molar-refractivity contribution in [2.45, 2.75) is 51.0 Å². The zero-order chi connectivity index (χ0) is 15.3. The van der Waals surface area contributed by atoms with Crippen LogP contribution < -0.4 is 16.4 Å². The van der Waals surface area contributed by atoms with Gasteiger partial charge in [-0.05, 0) is 37.1 Å². The van der Waals surface area contributed by atoms with E-state index in [1.807, 2.05) is 0 Å². The van der Waals surface area contributed by atoms with Gasteiger partial charge in [-0.1, -0.05) is 19.8 Å². The topological polar surface area (TPSA) is 84.2 Å². The highest BCUT2D eigenvalue weighted by Crippen LogP contribution is 2.30. The summed E-state index contributed by atoms with van der Waals surface area (Å²) in [6.07, 6.45) is 4.86. The highest BCUT2D eigenvalue weighted by atomic mass is 16.2. The summed E-state index contributed by atoms with van der Waals surface area (Å²) in [6, 6.07) is 7.11. The molecule has 0 bridgehead atoms. The van der Waals surface area contributed by atoms with E-state index in [4.69, 9.17) is 5.73 Å². The average Bonchev–Trinajstić information content (AvgIpc) is 2.87. The lowest BCUT2D eigenvalue weighted by molar-refractivity contribution is -0.117. The molecule has 0 atom stereocenters. The molecule has 1 aliphatic rings. The number of hydrogen-bond donors (Lipinski definition) is 3. The predicted octanol–water partition coefficient (Wildman–Crippen LogP) is 2.64. The molecule has 0 aliphatic heterocycles. The molecular formula is C16H23N3O2. The number of carbonyl (C=O) groups excluding carboxylic acids is 2. The summed E-state index contributed by atoms with van der Waals surface area (Å²) in [5.41, 5.74) is 7.31. The summed E-state index contributed by atoms with van der Waals surface area (Å²) in [5.74, 6) is -0.0807. The number of anilines is 2. The number of carbonyl (C=O) groups is 2. The van der Waals surface area contributed by atoms with Crippen molar-refractivity contribution >= 4 is 23.2 Å². The molecule has 2 rings (SSSR count). The van der Waals surface area contributed by atoms with E-state index >= 15 is 0 Å². The van der Waals surface area contributed by atoms with Gasteiger partial charge < -0.3 is 16.4 Å². The van der Waals surface area contributed by atoms with Crippen molar-refractivity contribution < 1.29 is 9.59 Å². The smallest absolute Gasteiger partial charge is 0.226 e. The van der Waals surface area contributed by atoms with Gasteiger partial charge in [0.05, 0.1) is 0 Å². The fraction of sp³-hybridized carbons (Fsp3) is 0.500. The molecule has 0 heterocycles. The SMILES string of the molecule is CCC(=O)Nc1ccc(NC(=O)CC2(N)CCCC2)cc1. The lowest BCUT2D eigenvalue weighted by Gasteiger charge is -2.22. The number of hydrogen-bond acceptors (Lipinski definition) is 3. The zero-order valence-corrected chi connectivity index (χ0v) is 12.4. The maximum atomic E-state index is 12.0. The Morgan fingerprint density at radius 3 is 2.00 bits per heavy atom. The summed E-state index contributed by atoms with van der Waals surface area (Å²) in [7, 11) is 0. The molecule has 1 aromatic carbocycles. The Balaban J connectivity index is 1.87. The molecule has 5 heteroatoms. The van der Waals surface area contributed by atoms with Crippen molar-refractivity contribution in [3.05, 3.63) is 24.3 Å². The molecule has 2 amide bonds. The van der Waals surface area contributed by atoms with Crippen LogP contribution in [0.15, 0.2) is 24.3 Å². The standard InChI is InChI=1S/C16H23N3O2/c1-2-14(20)18-12-5-7-13(8-6-12)19-15(21)11-16(17)9-3-4-10-16/h5-8H,2-4,9-11,17H2,1H3,(H,18,20)(H,19,21).